The second-order valence-corrected chi connectivity index (χ2v) is 14.3. The van der Waals surface area contributed by atoms with Crippen molar-refractivity contribution < 1.29 is 4.79 Å². The number of nitrogens with zero attached hydrogens (tertiary/aromatic N) is 2. The normalized spacial score (nSPS) is 21.6. The highest BCUT2D eigenvalue weighted by atomic mass is 32.1. The molecule has 1 aromatic heterocycles. The zero-order valence-electron chi connectivity index (χ0n) is 26.5. The number of hydrogen-bond acceptors (Lipinski definition) is 4. The Morgan fingerprint density at radius 1 is 1.02 bits per heavy atom. The van der Waals surface area contributed by atoms with Crippen molar-refractivity contribution in [1.82, 2.24) is 5.32 Å². The smallest absolute Gasteiger partial charge is 0.261 e. The molecule has 0 bridgehead atoms. The lowest BCUT2D eigenvalue weighted by Gasteiger charge is -2.32. The van der Waals surface area contributed by atoms with Gasteiger partial charge in [-0.05, 0) is 99.2 Å². The van der Waals surface area contributed by atoms with Gasteiger partial charge in [0.1, 0.15) is 0 Å². The molecule has 4 nitrogen and oxygen atoms in total. The van der Waals surface area contributed by atoms with Gasteiger partial charge in [0.2, 0.25) is 0 Å². The second kappa shape index (κ2) is 16.9. The third kappa shape index (κ3) is 10.3. The fourth-order valence-electron chi connectivity index (χ4n) is 6.42. The van der Waals surface area contributed by atoms with Crippen molar-refractivity contribution in [2.24, 2.45) is 33.7 Å². The Hall–Kier alpha value is -2.53. The first-order chi connectivity index (χ1) is 20.4. The molecule has 4 rings (SSSR count). The van der Waals surface area contributed by atoms with Crippen molar-refractivity contribution in [3.63, 3.8) is 0 Å². The van der Waals surface area contributed by atoms with E-state index in [9.17, 15) is 4.79 Å². The Morgan fingerprint density at radius 2 is 1.86 bits per heavy atom. The highest BCUT2D eigenvalue weighted by Gasteiger charge is 2.24. The van der Waals surface area contributed by atoms with Gasteiger partial charge in [0, 0.05) is 35.8 Å². The summed E-state index contributed by atoms with van der Waals surface area (Å²) in [6, 6.07) is 4.07. The molecule has 1 saturated carbocycles. The lowest BCUT2D eigenvalue weighted by atomic mass is 9.74. The maximum Gasteiger partial charge on any atom is 0.261 e. The maximum absolute atomic E-state index is 12.6. The number of aryl methyl sites for hydroxylation is 1. The number of carbonyl (C=O) groups is 1. The molecule has 42 heavy (non-hydrogen) atoms. The molecule has 1 aromatic rings. The number of nitrogens with one attached hydrogen (secondary N) is 1. The third-order valence-corrected chi connectivity index (χ3v) is 10.4. The highest BCUT2D eigenvalue weighted by Crippen LogP contribution is 2.37. The number of rotatable bonds is 14. The zero-order chi connectivity index (χ0) is 29.7. The molecule has 2 aliphatic carbocycles. The van der Waals surface area contributed by atoms with E-state index in [0.717, 1.165) is 72.6 Å². The van der Waals surface area contributed by atoms with Crippen LogP contribution in [0, 0.1) is 23.7 Å². The summed E-state index contributed by atoms with van der Waals surface area (Å²) in [6.07, 6.45) is 28.3. The van der Waals surface area contributed by atoms with Gasteiger partial charge < -0.3 is 5.32 Å². The van der Waals surface area contributed by atoms with Crippen molar-refractivity contribution in [2.45, 2.75) is 111 Å². The Morgan fingerprint density at radius 3 is 2.64 bits per heavy atom. The van der Waals surface area contributed by atoms with Crippen molar-refractivity contribution in [1.29, 1.82) is 0 Å². The maximum atomic E-state index is 12.6. The molecule has 0 aromatic carbocycles. The fraction of sp³-hybridized carbons (Fsp3) is 0.595. The molecule has 1 atom stereocenters. The summed E-state index contributed by atoms with van der Waals surface area (Å²) in [7, 11) is 0. The standard InChI is InChI=1S/C37H53N3OS/c1-5-31(32-16-13-28(4)14-17-32)10-7-9-30-23-24-38-36(40-26-30)33-11-6-8-29(15-18-33)22-25-39-37(41)35-21-20-34(42-35)19-12-27(2)3/h6,11,15,18,20-21,24,26-28,31-32H,5,7-10,12-14,16-17,19,22-23,25H2,1-4H3,(H,39,41). The number of allylic oxidation sites excluding steroid dienone is 4. The van der Waals surface area contributed by atoms with E-state index in [4.69, 9.17) is 9.98 Å². The van der Waals surface area contributed by atoms with Crippen LogP contribution >= 0.6 is 11.3 Å². The van der Waals surface area contributed by atoms with Crippen LogP contribution in [0.4, 0.5) is 0 Å². The molecule has 3 aliphatic rings. The minimum absolute atomic E-state index is 0.0374. The predicted molar refractivity (Wildman–Crippen MR) is 182 cm³/mol. The van der Waals surface area contributed by atoms with Crippen LogP contribution in [0.25, 0.3) is 0 Å². The molecule has 1 fully saturated rings. The zero-order valence-corrected chi connectivity index (χ0v) is 27.4. The number of hydrogen-bond donors (Lipinski definition) is 1. The quantitative estimate of drug-likeness (QED) is 0.231. The Labute approximate surface area is 259 Å². The molecule has 0 saturated heterocycles. The van der Waals surface area contributed by atoms with Crippen molar-refractivity contribution >= 4 is 29.3 Å². The van der Waals surface area contributed by atoms with Crippen LogP contribution in [0.5, 0.6) is 0 Å². The summed E-state index contributed by atoms with van der Waals surface area (Å²) in [4.78, 5) is 24.3. The lowest BCUT2D eigenvalue weighted by molar-refractivity contribution is 0.0958. The number of carbonyl (C=O) groups excluding carboxylic acids is 1. The van der Waals surface area contributed by atoms with E-state index in [-0.39, 0.29) is 5.91 Å². The monoisotopic (exact) mass is 587 g/mol. The van der Waals surface area contributed by atoms with E-state index in [0.29, 0.717) is 12.5 Å². The molecule has 1 amide bonds. The number of aliphatic imine (C=N–C) groups is 2. The third-order valence-electron chi connectivity index (χ3n) is 9.28. The van der Waals surface area contributed by atoms with E-state index >= 15 is 0 Å². The van der Waals surface area contributed by atoms with Gasteiger partial charge in [-0.3, -0.25) is 4.79 Å². The molecule has 0 radical (unpaired) electrons. The predicted octanol–water partition coefficient (Wildman–Crippen LogP) is 10.0. The van der Waals surface area contributed by atoms with Crippen molar-refractivity contribution in [3.8, 4) is 0 Å². The van der Waals surface area contributed by atoms with Crippen molar-refractivity contribution in [2.75, 3.05) is 6.54 Å². The summed E-state index contributed by atoms with van der Waals surface area (Å²) < 4.78 is 0. The van der Waals surface area contributed by atoms with Crippen LogP contribution in [0.15, 0.2) is 69.3 Å². The summed E-state index contributed by atoms with van der Waals surface area (Å²) in [5.41, 5.74) is 3.74. The Bertz CT molecular complexity index is 1200. The van der Waals surface area contributed by atoms with E-state index in [1.165, 1.54) is 61.0 Å². The van der Waals surface area contributed by atoms with Crippen LogP contribution in [0.1, 0.15) is 119 Å². The molecule has 0 spiro atoms. The average molecular weight is 588 g/mol. The molecular weight excluding hydrogens is 534 g/mol. The average Bonchev–Trinajstić information content (AvgIpc) is 3.17. The van der Waals surface area contributed by atoms with Gasteiger partial charge in [0.25, 0.3) is 5.91 Å². The second-order valence-electron chi connectivity index (χ2n) is 13.1. The molecule has 1 aliphatic heterocycles. The Kier molecular flexibility index (Phi) is 13.1. The first-order valence-corrected chi connectivity index (χ1v) is 17.4. The van der Waals surface area contributed by atoms with E-state index in [2.05, 4.69) is 69.6 Å². The molecule has 2 heterocycles. The van der Waals surface area contributed by atoms with Gasteiger partial charge in [-0.2, -0.15) is 0 Å². The van der Waals surface area contributed by atoms with Gasteiger partial charge in [0.15, 0.2) is 5.84 Å². The van der Waals surface area contributed by atoms with Crippen LogP contribution in [0.2, 0.25) is 0 Å². The molecular formula is C37H53N3OS. The van der Waals surface area contributed by atoms with Crippen LogP contribution in [-0.4, -0.2) is 24.5 Å². The Balaban J connectivity index is 1.23. The number of thiophene rings is 1. The summed E-state index contributed by atoms with van der Waals surface area (Å²) in [5, 5.41) is 3.11. The van der Waals surface area contributed by atoms with Gasteiger partial charge in [-0.15, -0.1) is 11.3 Å². The first-order valence-electron chi connectivity index (χ1n) is 16.6. The minimum atomic E-state index is 0.0374. The van der Waals surface area contributed by atoms with Crippen LogP contribution in [0.3, 0.4) is 0 Å². The number of amidine groups is 1. The van der Waals surface area contributed by atoms with Gasteiger partial charge >= 0.3 is 0 Å². The van der Waals surface area contributed by atoms with Crippen LogP contribution < -0.4 is 5.32 Å². The largest absolute Gasteiger partial charge is 0.351 e. The van der Waals surface area contributed by atoms with Gasteiger partial charge in [-0.1, -0.05) is 76.8 Å². The van der Waals surface area contributed by atoms with Gasteiger partial charge in [0.05, 0.1) is 4.88 Å². The number of amides is 1. The SMILES string of the molecule is CCC(CCCC1=CN=C(C2=CC=C(CCNC(=O)c3ccc(CCC(C)C)s3)CC=C2)N=CC1)C1CCC(C)CC1. The van der Waals surface area contributed by atoms with E-state index < -0.39 is 0 Å². The molecule has 228 valence electrons. The molecule has 1 unspecified atom stereocenters. The van der Waals surface area contributed by atoms with E-state index in [1.807, 2.05) is 12.3 Å². The molecule has 5 heteroatoms. The summed E-state index contributed by atoms with van der Waals surface area (Å²) in [6.45, 7) is 9.92. The fourth-order valence-corrected chi connectivity index (χ4v) is 7.36. The first kappa shape index (κ1) is 32.4. The van der Waals surface area contributed by atoms with Crippen LogP contribution in [-0.2, 0) is 6.42 Å². The van der Waals surface area contributed by atoms with Gasteiger partial charge in [-0.25, -0.2) is 9.98 Å². The van der Waals surface area contributed by atoms with Crippen molar-refractivity contribution in [3.05, 3.63) is 69.1 Å². The highest BCUT2D eigenvalue weighted by molar-refractivity contribution is 7.14. The topological polar surface area (TPSA) is 53.8 Å². The minimum Gasteiger partial charge on any atom is -0.351 e. The lowest BCUT2D eigenvalue weighted by Crippen LogP contribution is -2.23. The molecule has 1 N–H and O–H groups in total. The van der Waals surface area contributed by atoms with E-state index in [1.54, 1.807) is 11.3 Å². The summed E-state index contributed by atoms with van der Waals surface area (Å²) in [5.74, 6) is 4.27. The summed E-state index contributed by atoms with van der Waals surface area (Å²) >= 11 is 1.62.